The van der Waals surface area contributed by atoms with Crippen molar-refractivity contribution < 1.29 is 9.47 Å². The predicted molar refractivity (Wildman–Crippen MR) is 106 cm³/mol. The lowest BCUT2D eigenvalue weighted by molar-refractivity contribution is 0.108. The Hall–Kier alpha value is -2.62. The molecule has 0 saturated carbocycles. The van der Waals surface area contributed by atoms with Gasteiger partial charge in [-0.05, 0) is 37.7 Å². The first-order chi connectivity index (χ1) is 13.2. The molecule has 0 bridgehead atoms. The first-order valence-electron chi connectivity index (χ1n) is 9.36. The molecule has 0 unspecified atom stereocenters. The normalized spacial score (nSPS) is 14.8. The van der Waals surface area contributed by atoms with Crippen LogP contribution in [0.25, 0.3) is 11.1 Å². The van der Waals surface area contributed by atoms with E-state index in [4.69, 9.17) is 9.47 Å². The number of nitriles is 1. The molecular formula is C21H26N4O2. The molecule has 0 amide bonds. The Morgan fingerprint density at radius 2 is 1.81 bits per heavy atom. The number of rotatable bonds is 7. The second kappa shape index (κ2) is 9.36. The van der Waals surface area contributed by atoms with E-state index in [0.717, 1.165) is 37.3 Å². The fraction of sp³-hybridized carbons (Fsp3) is 0.429. The van der Waals surface area contributed by atoms with Crippen molar-refractivity contribution in [2.75, 3.05) is 57.9 Å². The van der Waals surface area contributed by atoms with Gasteiger partial charge in [-0.25, -0.2) is 4.98 Å². The number of hydrogen-bond donors (Lipinski definition) is 0. The summed E-state index contributed by atoms with van der Waals surface area (Å²) >= 11 is 0. The van der Waals surface area contributed by atoms with Crippen LogP contribution in [0.1, 0.15) is 12.5 Å². The first kappa shape index (κ1) is 19.2. The largest absolute Gasteiger partial charge is 0.474 e. The summed E-state index contributed by atoms with van der Waals surface area (Å²) in [4.78, 5) is 8.95. The van der Waals surface area contributed by atoms with Gasteiger partial charge in [0.05, 0.1) is 6.61 Å². The lowest BCUT2D eigenvalue weighted by Crippen LogP contribution is -2.44. The third-order valence-electron chi connectivity index (χ3n) is 4.75. The number of benzene rings is 1. The van der Waals surface area contributed by atoms with E-state index in [1.807, 2.05) is 13.0 Å². The monoisotopic (exact) mass is 366 g/mol. The van der Waals surface area contributed by atoms with Crippen molar-refractivity contribution in [1.82, 2.24) is 9.88 Å². The average molecular weight is 366 g/mol. The molecule has 142 valence electrons. The smallest absolute Gasteiger partial charge is 0.232 e. The fourth-order valence-electron chi connectivity index (χ4n) is 3.16. The third kappa shape index (κ3) is 4.76. The predicted octanol–water partition coefficient (Wildman–Crippen LogP) is 2.79. The maximum absolute atomic E-state index is 9.63. The van der Waals surface area contributed by atoms with E-state index >= 15 is 0 Å². The summed E-state index contributed by atoms with van der Waals surface area (Å²) in [5, 5.41) is 9.63. The summed E-state index contributed by atoms with van der Waals surface area (Å²) in [5.41, 5.74) is 3.50. The summed E-state index contributed by atoms with van der Waals surface area (Å²) in [6.45, 7) is 7.65. The lowest BCUT2D eigenvalue weighted by Gasteiger charge is -2.34. The van der Waals surface area contributed by atoms with Gasteiger partial charge in [-0.1, -0.05) is 12.1 Å². The van der Waals surface area contributed by atoms with Crippen LogP contribution in [0.5, 0.6) is 5.88 Å². The van der Waals surface area contributed by atoms with E-state index in [-0.39, 0.29) is 0 Å². The lowest BCUT2D eigenvalue weighted by atomic mass is 10.0. The summed E-state index contributed by atoms with van der Waals surface area (Å²) < 4.78 is 10.9. The number of anilines is 1. The van der Waals surface area contributed by atoms with Crippen LogP contribution in [0.4, 0.5) is 5.69 Å². The Balaban J connectivity index is 1.76. The molecule has 1 aliphatic rings. The van der Waals surface area contributed by atoms with Gasteiger partial charge in [0.15, 0.2) is 0 Å². The molecule has 2 aromatic rings. The van der Waals surface area contributed by atoms with E-state index in [2.05, 4.69) is 52.2 Å². The van der Waals surface area contributed by atoms with Crippen LogP contribution in [-0.2, 0) is 4.74 Å². The molecule has 6 heteroatoms. The molecule has 0 aliphatic carbocycles. The Morgan fingerprint density at radius 1 is 1.07 bits per heavy atom. The van der Waals surface area contributed by atoms with Crippen molar-refractivity contribution in [2.24, 2.45) is 0 Å². The second-order valence-electron chi connectivity index (χ2n) is 6.53. The highest BCUT2D eigenvalue weighted by atomic mass is 16.5. The quantitative estimate of drug-likeness (QED) is 0.702. The molecule has 1 aromatic carbocycles. The van der Waals surface area contributed by atoms with Crippen LogP contribution in [0.2, 0.25) is 0 Å². The van der Waals surface area contributed by atoms with Gasteiger partial charge in [0.2, 0.25) is 5.88 Å². The summed E-state index contributed by atoms with van der Waals surface area (Å²) in [6.07, 6.45) is 1.68. The average Bonchev–Trinajstić information content (AvgIpc) is 2.71. The van der Waals surface area contributed by atoms with Gasteiger partial charge in [0.1, 0.15) is 18.2 Å². The van der Waals surface area contributed by atoms with Crippen LogP contribution in [0.15, 0.2) is 36.5 Å². The van der Waals surface area contributed by atoms with E-state index in [0.29, 0.717) is 31.3 Å². The zero-order valence-electron chi connectivity index (χ0n) is 16.0. The molecule has 1 saturated heterocycles. The van der Waals surface area contributed by atoms with Gasteiger partial charge in [-0.15, -0.1) is 0 Å². The number of aromatic nitrogens is 1. The number of nitrogens with zero attached hydrogens (tertiary/aromatic N) is 4. The van der Waals surface area contributed by atoms with Gasteiger partial charge in [-0.2, -0.15) is 5.26 Å². The van der Waals surface area contributed by atoms with Gasteiger partial charge < -0.3 is 19.3 Å². The number of hydrogen-bond acceptors (Lipinski definition) is 6. The molecule has 1 aromatic heterocycles. The van der Waals surface area contributed by atoms with Crippen LogP contribution >= 0.6 is 0 Å². The van der Waals surface area contributed by atoms with E-state index < -0.39 is 0 Å². The Kier molecular flexibility index (Phi) is 6.64. The molecule has 0 radical (unpaired) electrons. The highest BCUT2D eigenvalue weighted by molar-refractivity contribution is 5.73. The van der Waals surface area contributed by atoms with E-state index in [9.17, 15) is 5.26 Å². The maximum atomic E-state index is 9.63. The molecule has 1 aliphatic heterocycles. The second-order valence-corrected chi connectivity index (χ2v) is 6.53. The van der Waals surface area contributed by atoms with Gasteiger partial charge in [-0.3, -0.25) is 0 Å². The first-order valence-corrected chi connectivity index (χ1v) is 9.36. The van der Waals surface area contributed by atoms with Gasteiger partial charge in [0, 0.05) is 50.2 Å². The number of piperazine rings is 1. The van der Waals surface area contributed by atoms with Crippen LogP contribution in [0.3, 0.4) is 0 Å². The SMILES string of the molecule is CCOCCOc1nccc(-c2ccc(N3CCN(C)CC3)cc2)c1C#N. The number of pyridine rings is 1. The molecule has 0 N–H and O–H groups in total. The van der Waals surface area contributed by atoms with Crippen LogP contribution < -0.4 is 9.64 Å². The van der Waals surface area contributed by atoms with Crippen molar-refractivity contribution in [3.63, 3.8) is 0 Å². The standard InChI is InChI=1S/C21H26N4O2/c1-3-26-14-15-27-21-20(16-22)19(8-9-23-21)17-4-6-18(7-5-17)25-12-10-24(2)11-13-25/h4-9H,3,10-15H2,1-2H3. The summed E-state index contributed by atoms with van der Waals surface area (Å²) in [7, 11) is 2.15. The zero-order valence-corrected chi connectivity index (χ0v) is 16.0. The molecule has 3 rings (SSSR count). The molecule has 2 heterocycles. The van der Waals surface area contributed by atoms with Gasteiger partial charge >= 0.3 is 0 Å². The van der Waals surface area contributed by atoms with Crippen molar-refractivity contribution in [3.05, 3.63) is 42.1 Å². The minimum absolute atomic E-state index is 0.359. The Bertz CT molecular complexity index is 778. The fourth-order valence-corrected chi connectivity index (χ4v) is 3.16. The Morgan fingerprint density at radius 3 is 2.48 bits per heavy atom. The van der Waals surface area contributed by atoms with E-state index in [1.54, 1.807) is 6.20 Å². The van der Waals surface area contributed by atoms with Crippen LogP contribution in [-0.4, -0.2) is 62.9 Å². The highest BCUT2D eigenvalue weighted by Crippen LogP contribution is 2.30. The molecule has 27 heavy (non-hydrogen) atoms. The minimum atomic E-state index is 0.359. The van der Waals surface area contributed by atoms with Crippen molar-refractivity contribution >= 4 is 5.69 Å². The molecule has 0 spiro atoms. The number of likely N-dealkylation sites (N-methyl/N-ethyl adjacent to an activating group) is 1. The highest BCUT2D eigenvalue weighted by Gasteiger charge is 2.16. The topological polar surface area (TPSA) is 61.6 Å². The minimum Gasteiger partial charge on any atom is -0.474 e. The summed E-state index contributed by atoms with van der Waals surface area (Å²) in [6, 6.07) is 12.5. The zero-order chi connectivity index (χ0) is 19.1. The maximum Gasteiger partial charge on any atom is 0.232 e. The molecule has 0 atom stereocenters. The van der Waals surface area contributed by atoms with Gasteiger partial charge in [0.25, 0.3) is 0 Å². The molecule has 1 fully saturated rings. The van der Waals surface area contributed by atoms with E-state index in [1.165, 1.54) is 5.69 Å². The van der Waals surface area contributed by atoms with Crippen LogP contribution in [0, 0.1) is 11.3 Å². The molecular weight excluding hydrogens is 340 g/mol. The number of ether oxygens (including phenoxy) is 2. The molecule has 6 nitrogen and oxygen atoms in total. The van der Waals surface area contributed by atoms with Crippen molar-refractivity contribution in [3.8, 4) is 23.1 Å². The third-order valence-corrected chi connectivity index (χ3v) is 4.75. The van der Waals surface area contributed by atoms with Crippen molar-refractivity contribution in [1.29, 1.82) is 5.26 Å². The Labute approximate surface area is 160 Å². The van der Waals surface area contributed by atoms with Crippen molar-refractivity contribution in [2.45, 2.75) is 6.92 Å². The summed E-state index contributed by atoms with van der Waals surface area (Å²) in [5.74, 6) is 0.359.